The summed E-state index contributed by atoms with van der Waals surface area (Å²) in [4.78, 5) is 8.69. The van der Waals surface area contributed by atoms with Crippen molar-refractivity contribution in [2.75, 3.05) is 43.9 Å². The van der Waals surface area contributed by atoms with Gasteiger partial charge in [0.15, 0.2) is 5.82 Å². The summed E-state index contributed by atoms with van der Waals surface area (Å²) in [6.07, 6.45) is 1.65. The van der Waals surface area contributed by atoms with Crippen LogP contribution in [-0.2, 0) is 0 Å². The lowest BCUT2D eigenvalue weighted by Gasteiger charge is -2.20. The molecule has 112 valence electrons. The first-order valence-electron chi connectivity index (χ1n) is 7.11. The van der Waals surface area contributed by atoms with Crippen molar-refractivity contribution in [3.05, 3.63) is 36.5 Å². The van der Waals surface area contributed by atoms with Gasteiger partial charge in [-0.1, -0.05) is 18.2 Å². The quantitative estimate of drug-likeness (QED) is 0.840. The van der Waals surface area contributed by atoms with Crippen molar-refractivity contribution in [3.8, 4) is 0 Å². The Morgan fingerprint density at radius 2 is 1.90 bits per heavy atom. The molecule has 0 atom stereocenters. The smallest absolute Gasteiger partial charge is 0.251 e. The number of hydrogen-bond acceptors (Lipinski definition) is 6. The summed E-state index contributed by atoms with van der Waals surface area (Å²) in [5.74, 6) is 1.36. The number of rotatable bonds is 7. The van der Waals surface area contributed by atoms with Gasteiger partial charge >= 0.3 is 0 Å². The minimum absolute atomic E-state index is 0.610. The highest BCUT2D eigenvalue weighted by Gasteiger charge is 2.11. The van der Waals surface area contributed by atoms with Crippen LogP contribution < -0.4 is 10.2 Å². The molecule has 2 rings (SSSR count). The number of likely N-dealkylation sites (N-methyl/N-ethyl adjacent to an activating group) is 1. The molecule has 1 N–H and O–H groups in total. The average Bonchev–Trinajstić information content (AvgIpc) is 2.49. The number of hydrogen-bond donors (Lipinski definition) is 1. The number of nitrogens with zero attached hydrogens (tertiary/aromatic N) is 5. The summed E-state index contributed by atoms with van der Waals surface area (Å²) in [6, 6.07) is 10.1. The molecule has 1 aromatic heterocycles. The van der Waals surface area contributed by atoms with E-state index in [1.807, 2.05) is 49.3 Å². The van der Waals surface area contributed by atoms with Crippen molar-refractivity contribution in [2.45, 2.75) is 6.92 Å². The van der Waals surface area contributed by atoms with Crippen LogP contribution in [0, 0.1) is 0 Å². The predicted octanol–water partition coefficient (Wildman–Crippen LogP) is 2.00. The minimum Gasteiger partial charge on any atom is -0.367 e. The fraction of sp³-hybridized carbons (Fsp3) is 0.400. The van der Waals surface area contributed by atoms with Crippen LogP contribution in [0.5, 0.6) is 0 Å². The summed E-state index contributed by atoms with van der Waals surface area (Å²) in [7, 11) is 4.08. The Morgan fingerprint density at radius 3 is 2.57 bits per heavy atom. The number of aromatic nitrogens is 3. The molecule has 1 aromatic carbocycles. The minimum atomic E-state index is 0.610. The van der Waals surface area contributed by atoms with Gasteiger partial charge in [0.1, 0.15) is 0 Å². The van der Waals surface area contributed by atoms with E-state index in [1.165, 1.54) is 0 Å². The molecule has 0 aliphatic carbocycles. The Morgan fingerprint density at radius 1 is 1.14 bits per heavy atom. The van der Waals surface area contributed by atoms with Crippen molar-refractivity contribution in [3.63, 3.8) is 0 Å². The predicted molar refractivity (Wildman–Crippen MR) is 86.0 cm³/mol. The standard InChI is InChI=1S/C15H22N6/c1-4-21(13-8-6-5-7-9-13)15-18-14(12-17-19-15)16-10-11-20(2)3/h5-9,12H,4,10-11H2,1-3H3,(H,16,18,19). The molecule has 0 unspecified atom stereocenters. The SMILES string of the molecule is CCN(c1ccccc1)c1nncc(NCCN(C)C)n1. The molecule has 0 amide bonds. The molecule has 0 spiro atoms. The maximum absolute atomic E-state index is 4.54. The monoisotopic (exact) mass is 286 g/mol. The van der Waals surface area contributed by atoms with E-state index in [2.05, 4.69) is 32.3 Å². The molecule has 1 heterocycles. The molecule has 0 aliphatic rings. The Labute approximate surface area is 125 Å². The molecule has 6 nitrogen and oxygen atoms in total. The van der Waals surface area contributed by atoms with Crippen molar-refractivity contribution >= 4 is 17.5 Å². The second-order valence-electron chi connectivity index (χ2n) is 4.95. The highest BCUT2D eigenvalue weighted by Crippen LogP contribution is 2.21. The fourth-order valence-corrected chi connectivity index (χ4v) is 1.95. The third kappa shape index (κ3) is 4.39. The first kappa shape index (κ1) is 15.2. The lowest BCUT2D eigenvalue weighted by Crippen LogP contribution is -2.23. The van der Waals surface area contributed by atoms with E-state index in [4.69, 9.17) is 0 Å². The Hall–Kier alpha value is -2.21. The van der Waals surface area contributed by atoms with Crippen molar-refractivity contribution in [1.29, 1.82) is 0 Å². The van der Waals surface area contributed by atoms with Crippen LogP contribution in [0.2, 0.25) is 0 Å². The third-order valence-corrected chi connectivity index (χ3v) is 3.04. The molecular weight excluding hydrogens is 264 g/mol. The van der Waals surface area contributed by atoms with Crippen LogP contribution in [0.25, 0.3) is 0 Å². The van der Waals surface area contributed by atoms with Gasteiger partial charge in [-0.15, -0.1) is 5.10 Å². The van der Waals surface area contributed by atoms with E-state index in [0.717, 1.165) is 31.1 Å². The molecule has 0 aliphatic heterocycles. The van der Waals surface area contributed by atoms with E-state index >= 15 is 0 Å². The second-order valence-corrected chi connectivity index (χ2v) is 4.95. The normalized spacial score (nSPS) is 10.7. The highest BCUT2D eigenvalue weighted by atomic mass is 15.3. The first-order chi connectivity index (χ1) is 10.2. The summed E-state index contributed by atoms with van der Waals surface area (Å²) in [6.45, 7) is 4.62. The van der Waals surface area contributed by atoms with Crippen LogP contribution in [0.15, 0.2) is 36.5 Å². The van der Waals surface area contributed by atoms with Gasteiger partial charge in [0, 0.05) is 25.3 Å². The van der Waals surface area contributed by atoms with Gasteiger partial charge in [-0.2, -0.15) is 10.1 Å². The summed E-state index contributed by atoms with van der Waals surface area (Å²) in [5.41, 5.74) is 1.06. The molecule has 21 heavy (non-hydrogen) atoms. The Balaban J connectivity index is 2.11. The van der Waals surface area contributed by atoms with E-state index in [-0.39, 0.29) is 0 Å². The van der Waals surface area contributed by atoms with Gasteiger partial charge in [0.2, 0.25) is 0 Å². The van der Waals surface area contributed by atoms with E-state index < -0.39 is 0 Å². The molecule has 0 radical (unpaired) electrons. The zero-order valence-corrected chi connectivity index (χ0v) is 12.8. The Kier molecular flexibility index (Phi) is 5.45. The molecular formula is C15H22N6. The van der Waals surface area contributed by atoms with Crippen LogP contribution in [0.3, 0.4) is 0 Å². The fourth-order valence-electron chi connectivity index (χ4n) is 1.95. The van der Waals surface area contributed by atoms with Gasteiger partial charge in [-0.3, -0.25) is 0 Å². The van der Waals surface area contributed by atoms with Crippen LogP contribution >= 0.6 is 0 Å². The first-order valence-corrected chi connectivity index (χ1v) is 7.11. The van der Waals surface area contributed by atoms with Gasteiger partial charge in [0.25, 0.3) is 5.95 Å². The summed E-state index contributed by atoms with van der Waals surface area (Å²) < 4.78 is 0. The molecule has 0 saturated heterocycles. The number of anilines is 3. The number of benzene rings is 1. The zero-order chi connectivity index (χ0) is 15.1. The summed E-state index contributed by atoms with van der Waals surface area (Å²) in [5, 5.41) is 11.5. The lowest BCUT2D eigenvalue weighted by atomic mass is 10.3. The third-order valence-electron chi connectivity index (χ3n) is 3.04. The van der Waals surface area contributed by atoms with Crippen LogP contribution in [0.4, 0.5) is 17.5 Å². The average molecular weight is 286 g/mol. The van der Waals surface area contributed by atoms with Crippen LogP contribution in [0.1, 0.15) is 6.92 Å². The molecule has 2 aromatic rings. The molecule has 0 fully saturated rings. The van der Waals surface area contributed by atoms with Gasteiger partial charge in [-0.25, -0.2) is 0 Å². The number of nitrogens with one attached hydrogen (secondary N) is 1. The van der Waals surface area contributed by atoms with Crippen LogP contribution in [-0.4, -0.2) is 53.8 Å². The molecule has 6 heteroatoms. The molecule has 0 saturated carbocycles. The second kappa shape index (κ2) is 7.54. The van der Waals surface area contributed by atoms with Gasteiger partial charge in [0.05, 0.1) is 6.20 Å². The number of para-hydroxylation sites is 1. The van der Waals surface area contributed by atoms with Gasteiger partial charge < -0.3 is 15.1 Å². The maximum atomic E-state index is 4.54. The highest BCUT2D eigenvalue weighted by molar-refractivity contribution is 5.57. The van der Waals surface area contributed by atoms with E-state index in [9.17, 15) is 0 Å². The van der Waals surface area contributed by atoms with E-state index in [1.54, 1.807) is 6.20 Å². The van der Waals surface area contributed by atoms with Gasteiger partial charge in [-0.05, 0) is 33.2 Å². The topological polar surface area (TPSA) is 57.2 Å². The largest absolute Gasteiger partial charge is 0.367 e. The maximum Gasteiger partial charge on any atom is 0.251 e. The van der Waals surface area contributed by atoms with E-state index in [0.29, 0.717) is 5.95 Å². The Bertz CT molecular complexity index is 543. The molecule has 0 bridgehead atoms. The van der Waals surface area contributed by atoms with Crippen molar-refractivity contribution in [2.24, 2.45) is 0 Å². The van der Waals surface area contributed by atoms with Crippen molar-refractivity contribution < 1.29 is 0 Å². The summed E-state index contributed by atoms with van der Waals surface area (Å²) >= 11 is 0. The van der Waals surface area contributed by atoms with Crippen molar-refractivity contribution in [1.82, 2.24) is 20.1 Å². The zero-order valence-electron chi connectivity index (χ0n) is 12.8. The lowest BCUT2D eigenvalue weighted by molar-refractivity contribution is 0.425.